The predicted octanol–water partition coefficient (Wildman–Crippen LogP) is 4.35. The molecule has 3 heterocycles. The first-order valence-electron chi connectivity index (χ1n) is 11.0. The molecule has 166 valence electrons. The van der Waals surface area contributed by atoms with Gasteiger partial charge in [0, 0.05) is 23.5 Å². The Labute approximate surface area is 193 Å². The lowest BCUT2D eigenvalue weighted by Crippen LogP contribution is -2.39. The third-order valence-electron chi connectivity index (χ3n) is 6.93. The van der Waals surface area contributed by atoms with Gasteiger partial charge in [-0.25, -0.2) is 0 Å². The van der Waals surface area contributed by atoms with Gasteiger partial charge in [0.15, 0.2) is 0 Å². The van der Waals surface area contributed by atoms with Gasteiger partial charge in [0.05, 0.1) is 11.1 Å². The van der Waals surface area contributed by atoms with E-state index in [0.29, 0.717) is 5.41 Å². The molecule has 31 heavy (non-hydrogen) atoms. The number of amides is 2. The predicted molar refractivity (Wildman–Crippen MR) is 126 cm³/mol. The number of fused-ring (bicyclic) bond motifs is 1. The molecule has 5 rings (SSSR count). The number of nitrogens with zero attached hydrogens (tertiary/aromatic N) is 1. The summed E-state index contributed by atoms with van der Waals surface area (Å²) < 4.78 is 0. The fourth-order valence-electron chi connectivity index (χ4n) is 5.02. The van der Waals surface area contributed by atoms with Crippen molar-refractivity contribution >= 4 is 35.3 Å². The number of benzene rings is 1. The molecule has 7 heteroatoms. The van der Waals surface area contributed by atoms with Crippen LogP contribution in [0.2, 0.25) is 5.02 Å². The summed E-state index contributed by atoms with van der Waals surface area (Å²) in [5, 5.41) is 9.15. The second kappa shape index (κ2) is 9.72. The Hall–Kier alpha value is -1.89. The molecule has 1 atom stereocenters. The summed E-state index contributed by atoms with van der Waals surface area (Å²) in [5.74, 6) is 0.143. The molecule has 2 N–H and O–H groups in total. The van der Waals surface area contributed by atoms with Crippen molar-refractivity contribution in [1.29, 1.82) is 0 Å². The van der Waals surface area contributed by atoms with Gasteiger partial charge < -0.3 is 15.5 Å². The molecule has 0 bridgehead atoms. The monoisotopic (exact) mass is 459 g/mol. The van der Waals surface area contributed by atoms with E-state index in [1.165, 1.54) is 23.3 Å². The minimum absolute atomic E-state index is 0.0552. The Morgan fingerprint density at radius 3 is 2.74 bits per heavy atom. The van der Waals surface area contributed by atoms with Crippen molar-refractivity contribution in [3.8, 4) is 0 Å². The number of carbonyl (C=O) groups is 2. The minimum atomic E-state index is 0.0552. The lowest BCUT2D eigenvalue weighted by molar-refractivity contribution is -0.110. The molecule has 3 aliphatic rings. The number of hydrogen-bond acceptors (Lipinski definition) is 4. The van der Waals surface area contributed by atoms with Gasteiger partial charge in [-0.1, -0.05) is 17.7 Å². The molecular formula is C24H30ClN3O2S. The molecule has 1 aromatic carbocycles. The van der Waals surface area contributed by atoms with Crippen molar-refractivity contribution < 1.29 is 9.59 Å². The zero-order valence-corrected chi connectivity index (χ0v) is 19.5. The standard InChI is InChI=1S/C19H25N3O2.C5H5ClS/c23-13-21-17-4-3-14-1-2-15(11-16(14)17)18(24)22-10-7-19(12-22)5-8-20-9-6-19;1-4-5(6)2-3-7-4/h1-2,11,13,17,20H,3-10,12H2,(H,21,23);2-3H,1H3. The third-order valence-corrected chi connectivity index (χ3v) is 8.29. The number of likely N-dealkylation sites (tertiary alicyclic amines) is 1. The number of rotatable bonds is 3. The smallest absolute Gasteiger partial charge is 0.253 e. The number of hydrogen-bond donors (Lipinski definition) is 2. The number of nitrogens with one attached hydrogen (secondary N) is 2. The maximum atomic E-state index is 13.0. The molecule has 2 saturated heterocycles. The van der Waals surface area contributed by atoms with E-state index >= 15 is 0 Å². The van der Waals surface area contributed by atoms with Crippen LogP contribution in [0.1, 0.15) is 58.1 Å². The van der Waals surface area contributed by atoms with Crippen LogP contribution < -0.4 is 10.6 Å². The van der Waals surface area contributed by atoms with Gasteiger partial charge in [0.1, 0.15) is 0 Å². The highest BCUT2D eigenvalue weighted by molar-refractivity contribution is 7.10. The van der Waals surface area contributed by atoms with E-state index in [9.17, 15) is 9.59 Å². The number of piperidine rings is 1. The molecule has 0 saturated carbocycles. The molecule has 2 aliphatic heterocycles. The van der Waals surface area contributed by atoms with Crippen LogP contribution in [-0.2, 0) is 11.2 Å². The molecule has 1 aromatic heterocycles. The van der Waals surface area contributed by atoms with E-state index in [-0.39, 0.29) is 11.9 Å². The fraction of sp³-hybridized carbons (Fsp3) is 0.500. The molecule has 1 unspecified atom stereocenters. The van der Waals surface area contributed by atoms with E-state index in [0.717, 1.165) is 68.0 Å². The lowest BCUT2D eigenvalue weighted by Gasteiger charge is -2.33. The number of aryl methyl sites for hydroxylation is 2. The maximum absolute atomic E-state index is 13.0. The Bertz CT molecular complexity index is 922. The molecule has 1 aliphatic carbocycles. The average Bonchev–Trinajstić information content (AvgIpc) is 3.49. The zero-order valence-electron chi connectivity index (χ0n) is 18.0. The van der Waals surface area contributed by atoms with Crippen LogP contribution in [0.5, 0.6) is 0 Å². The van der Waals surface area contributed by atoms with Crippen LogP contribution in [0.15, 0.2) is 29.6 Å². The second-order valence-electron chi connectivity index (χ2n) is 8.84. The van der Waals surface area contributed by atoms with Gasteiger partial charge in [-0.2, -0.15) is 0 Å². The summed E-state index contributed by atoms with van der Waals surface area (Å²) in [7, 11) is 0. The normalized spacial score (nSPS) is 21.4. The summed E-state index contributed by atoms with van der Waals surface area (Å²) in [6, 6.07) is 7.98. The highest BCUT2D eigenvalue weighted by Gasteiger charge is 2.40. The summed E-state index contributed by atoms with van der Waals surface area (Å²) in [6.07, 6.45) is 6.12. The summed E-state index contributed by atoms with van der Waals surface area (Å²) >= 11 is 7.31. The Morgan fingerprint density at radius 2 is 2.10 bits per heavy atom. The van der Waals surface area contributed by atoms with Crippen LogP contribution in [0.3, 0.4) is 0 Å². The van der Waals surface area contributed by atoms with E-state index in [1.807, 2.05) is 35.4 Å². The quantitative estimate of drug-likeness (QED) is 0.671. The number of halogens is 1. The van der Waals surface area contributed by atoms with E-state index in [2.05, 4.69) is 16.7 Å². The van der Waals surface area contributed by atoms with Gasteiger partial charge >= 0.3 is 0 Å². The van der Waals surface area contributed by atoms with E-state index in [4.69, 9.17) is 11.6 Å². The zero-order chi connectivity index (χ0) is 21.8. The first-order chi connectivity index (χ1) is 15.0. The molecular weight excluding hydrogens is 430 g/mol. The molecule has 2 fully saturated rings. The van der Waals surface area contributed by atoms with Gasteiger partial charge in [-0.3, -0.25) is 9.59 Å². The third kappa shape index (κ3) is 4.97. The van der Waals surface area contributed by atoms with Crippen LogP contribution in [0, 0.1) is 12.3 Å². The van der Waals surface area contributed by atoms with Gasteiger partial charge in [0.2, 0.25) is 6.41 Å². The van der Waals surface area contributed by atoms with Crippen molar-refractivity contribution in [1.82, 2.24) is 15.5 Å². The van der Waals surface area contributed by atoms with Crippen molar-refractivity contribution in [2.45, 2.75) is 45.1 Å². The Kier molecular flexibility index (Phi) is 6.99. The second-order valence-corrected chi connectivity index (χ2v) is 10.4. The molecule has 2 amide bonds. The average molecular weight is 460 g/mol. The van der Waals surface area contributed by atoms with E-state index < -0.39 is 0 Å². The number of carbonyl (C=O) groups excluding carboxylic acids is 2. The topological polar surface area (TPSA) is 61.4 Å². The Balaban J connectivity index is 0.000000282. The van der Waals surface area contributed by atoms with Crippen LogP contribution in [-0.4, -0.2) is 43.4 Å². The lowest BCUT2D eigenvalue weighted by atomic mass is 9.78. The van der Waals surface area contributed by atoms with Crippen molar-refractivity contribution in [3.05, 3.63) is 56.2 Å². The van der Waals surface area contributed by atoms with Gasteiger partial charge in [-0.05, 0) is 92.2 Å². The summed E-state index contributed by atoms with van der Waals surface area (Å²) in [5.41, 5.74) is 3.46. The largest absolute Gasteiger partial charge is 0.352 e. The van der Waals surface area contributed by atoms with E-state index in [1.54, 1.807) is 11.3 Å². The highest BCUT2D eigenvalue weighted by Crippen LogP contribution is 2.39. The molecule has 0 radical (unpaired) electrons. The van der Waals surface area contributed by atoms with Crippen molar-refractivity contribution in [2.75, 3.05) is 26.2 Å². The van der Waals surface area contributed by atoms with Gasteiger partial charge in [0.25, 0.3) is 5.91 Å². The van der Waals surface area contributed by atoms with Crippen molar-refractivity contribution in [3.63, 3.8) is 0 Å². The van der Waals surface area contributed by atoms with Gasteiger partial charge in [-0.15, -0.1) is 11.3 Å². The first-order valence-corrected chi connectivity index (χ1v) is 12.3. The SMILES string of the molecule is Cc1sccc1Cl.O=CNC1CCc2ccc(C(=O)N3CCC4(CCNCC4)C3)cc21. The molecule has 5 nitrogen and oxygen atoms in total. The van der Waals surface area contributed by atoms with Crippen LogP contribution >= 0.6 is 22.9 Å². The van der Waals surface area contributed by atoms with Crippen LogP contribution in [0.4, 0.5) is 0 Å². The Morgan fingerprint density at radius 1 is 1.29 bits per heavy atom. The highest BCUT2D eigenvalue weighted by atomic mass is 35.5. The maximum Gasteiger partial charge on any atom is 0.253 e. The minimum Gasteiger partial charge on any atom is -0.352 e. The summed E-state index contributed by atoms with van der Waals surface area (Å²) in [4.78, 5) is 27.0. The number of thiophene rings is 1. The van der Waals surface area contributed by atoms with Crippen LogP contribution in [0.25, 0.3) is 0 Å². The molecule has 2 aromatic rings. The fourth-order valence-corrected chi connectivity index (χ4v) is 5.88. The first kappa shape index (κ1) is 22.3. The van der Waals surface area contributed by atoms with Crippen molar-refractivity contribution in [2.24, 2.45) is 5.41 Å². The molecule has 1 spiro atoms. The summed E-state index contributed by atoms with van der Waals surface area (Å²) in [6.45, 7) is 5.90.